The molecule has 0 heterocycles. The Balaban J connectivity index is 2.25. The van der Waals surface area contributed by atoms with E-state index in [-0.39, 0.29) is 24.5 Å². The lowest BCUT2D eigenvalue weighted by atomic mass is 10.1. The summed E-state index contributed by atoms with van der Waals surface area (Å²) in [6, 6.07) is 0.135. The molecule has 0 aromatic heterocycles. The molecule has 1 rings (SSSR count). The van der Waals surface area contributed by atoms with Crippen molar-refractivity contribution < 1.29 is 9.90 Å². The molecule has 0 saturated carbocycles. The van der Waals surface area contributed by atoms with Gasteiger partial charge in [-0.05, 0) is 12.8 Å². The fraction of sp³-hybridized carbons (Fsp3) is 0.700. The number of aliphatic hydroxyl groups is 1. The molecule has 1 amide bonds. The molecule has 0 spiro atoms. The average Bonchev–Trinajstić information content (AvgIpc) is 2.52. The van der Waals surface area contributed by atoms with Gasteiger partial charge in [0, 0.05) is 25.0 Å². The van der Waals surface area contributed by atoms with Crippen LogP contribution in [-0.4, -0.2) is 23.7 Å². The first-order chi connectivity index (χ1) is 6.26. The van der Waals surface area contributed by atoms with Crippen molar-refractivity contribution in [2.75, 3.05) is 6.61 Å². The van der Waals surface area contributed by atoms with Gasteiger partial charge in [-0.2, -0.15) is 0 Å². The molecule has 0 aromatic rings. The minimum absolute atomic E-state index is 0.107. The summed E-state index contributed by atoms with van der Waals surface area (Å²) in [5.74, 6) is 0.336. The number of aliphatic hydroxyl groups excluding tert-OH is 1. The monoisotopic (exact) mass is 183 g/mol. The van der Waals surface area contributed by atoms with Crippen LogP contribution in [0.25, 0.3) is 0 Å². The van der Waals surface area contributed by atoms with E-state index in [0.717, 1.165) is 12.8 Å². The number of hydrogen-bond acceptors (Lipinski definition) is 2. The summed E-state index contributed by atoms with van der Waals surface area (Å²) in [5, 5.41) is 11.8. The normalized spacial score (nSPS) is 26.3. The smallest absolute Gasteiger partial charge is 0.220 e. The minimum atomic E-state index is 0.107. The van der Waals surface area contributed by atoms with Crippen molar-refractivity contribution in [2.45, 2.75) is 32.2 Å². The predicted octanol–water partition coefficient (Wildman–Crippen LogP) is 0.840. The molecular weight excluding hydrogens is 166 g/mol. The summed E-state index contributed by atoms with van der Waals surface area (Å²) in [6.07, 6.45) is 6.25. The number of nitrogens with one attached hydrogen (secondary N) is 1. The molecule has 0 fully saturated rings. The van der Waals surface area contributed by atoms with Crippen LogP contribution in [0.5, 0.6) is 0 Å². The zero-order valence-corrected chi connectivity index (χ0v) is 7.99. The molecule has 2 N–H and O–H groups in total. The average molecular weight is 183 g/mol. The molecular formula is C10H17NO2. The van der Waals surface area contributed by atoms with Crippen molar-refractivity contribution in [3.05, 3.63) is 12.2 Å². The van der Waals surface area contributed by atoms with Gasteiger partial charge in [-0.1, -0.05) is 19.1 Å². The van der Waals surface area contributed by atoms with Crippen LogP contribution in [0.3, 0.4) is 0 Å². The van der Waals surface area contributed by atoms with Gasteiger partial charge in [0.15, 0.2) is 0 Å². The maximum Gasteiger partial charge on any atom is 0.220 e. The Hall–Kier alpha value is -0.830. The van der Waals surface area contributed by atoms with Gasteiger partial charge in [0.2, 0.25) is 5.91 Å². The van der Waals surface area contributed by atoms with Crippen molar-refractivity contribution in [2.24, 2.45) is 5.92 Å². The van der Waals surface area contributed by atoms with Crippen LogP contribution in [0.4, 0.5) is 0 Å². The second-order valence-electron chi connectivity index (χ2n) is 3.49. The van der Waals surface area contributed by atoms with E-state index in [9.17, 15) is 4.79 Å². The van der Waals surface area contributed by atoms with E-state index in [1.54, 1.807) is 0 Å². The zero-order chi connectivity index (χ0) is 9.68. The standard InChI is InChI=1S/C10H17NO2/c1-2-3-10(13)11-9-5-4-8(6-9)7-12/h4-5,8-9,12H,2-3,6-7H2,1H3,(H,11,13). The molecule has 2 atom stereocenters. The van der Waals surface area contributed by atoms with Gasteiger partial charge in [-0.15, -0.1) is 0 Å². The zero-order valence-electron chi connectivity index (χ0n) is 7.99. The highest BCUT2D eigenvalue weighted by Crippen LogP contribution is 2.16. The first-order valence-electron chi connectivity index (χ1n) is 4.84. The second kappa shape index (κ2) is 5.02. The molecule has 0 radical (unpaired) electrons. The fourth-order valence-corrected chi connectivity index (χ4v) is 1.52. The van der Waals surface area contributed by atoms with Crippen LogP contribution >= 0.6 is 0 Å². The SMILES string of the molecule is CCCC(=O)NC1C=CC(CO)C1. The van der Waals surface area contributed by atoms with Crippen molar-refractivity contribution in [3.63, 3.8) is 0 Å². The van der Waals surface area contributed by atoms with Crippen LogP contribution < -0.4 is 5.32 Å². The molecule has 1 aliphatic rings. The lowest BCUT2D eigenvalue weighted by Gasteiger charge is -2.11. The van der Waals surface area contributed by atoms with Crippen LogP contribution in [0, 0.1) is 5.92 Å². The van der Waals surface area contributed by atoms with Gasteiger partial charge in [-0.25, -0.2) is 0 Å². The third-order valence-corrected chi connectivity index (χ3v) is 2.23. The van der Waals surface area contributed by atoms with E-state index in [1.807, 2.05) is 19.1 Å². The van der Waals surface area contributed by atoms with E-state index in [2.05, 4.69) is 5.32 Å². The van der Waals surface area contributed by atoms with Gasteiger partial charge in [-0.3, -0.25) is 4.79 Å². The van der Waals surface area contributed by atoms with Gasteiger partial charge in [0.1, 0.15) is 0 Å². The maximum atomic E-state index is 11.2. The minimum Gasteiger partial charge on any atom is -0.396 e. The third kappa shape index (κ3) is 3.19. The summed E-state index contributed by atoms with van der Waals surface area (Å²) in [7, 11) is 0. The Morgan fingerprint density at radius 3 is 2.92 bits per heavy atom. The molecule has 74 valence electrons. The van der Waals surface area contributed by atoms with Gasteiger partial charge in [0.05, 0.1) is 0 Å². The quantitative estimate of drug-likeness (QED) is 0.634. The van der Waals surface area contributed by atoms with Crippen molar-refractivity contribution >= 4 is 5.91 Å². The van der Waals surface area contributed by atoms with E-state index >= 15 is 0 Å². The Kier molecular flexibility index (Phi) is 3.96. The summed E-state index contributed by atoms with van der Waals surface area (Å²) >= 11 is 0. The largest absolute Gasteiger partial charge is 0.396 e. The lowest BCUT2D eigenvalue weighted by molar-refractivity contribution is -0.121. The molecule has 3 heteroatoms. The molecule has 0 saturated heterocycles. The van der Waals surface area contributed by atoms with Gasteiger partial charge < -0.3 is 10.4 Å². The lowest BCUT2D eigenvalue weighted by Crippen LogP contribution is -2.32. The molecule has 13 heavy (non-hydrogen) atoms. The summed E-state index contributed by atoms with van der Waals surface area (Å²) < 4.78 is 0. The van der Waals surface area contributed by atoms with Gasteiger partial charge >= 0.3 is 0 Å². The second-order valence-corrected chi connectivity index (χ2v) is 3.49. The Bertz CT molecular complexity index is 201. The summed E-state index contributed by atoms with van der Waals surface area (Å²) in [4.78, 5) is 11.2. The molecule has 0 aliphatic heterocycles. The Morgan fingerprint density at radius 2 is 2.38 bits per heavy atom. The Labute approximate surface area is 78.8 Å². The number of rotatable bonds is 4. The number of carbonyl (C=O) groups excluding carboxylic acids is 1. The molecule has 0 bridgehead atoms. The van der Waals surface area contributed by atoms with Gasteiger partial charge in [0.25, 0.3) is 0 Å². The van der Waals surface area contributed by atoms with E-state index in [1.165, 1.54) is 0 Å². The first kappa shape index (κ1) is 10.3. The summed E-state index contributed by atoms with van der Waals surface area (Å²) in [5.41, 5.74) is 0. The van der Waals surface area contributed by atoms with Crippen LogP contribution in [0.15, 0.2) is 12.2 Å². The maximum absolute atomic E-state index is 11.2. The third-order valence-electron chi connectivity index (χ3n) is 2.23. The van der Waals surface area contributed by atoms with Crippen molar-refractivity contribution in [1.29, 1.82) is 0 Å². The molecule has 3 nitrogen and oxygen atoms in total. The van der Waals surface area contributed by atoms with E-state index < -0.39 is 0 Å². The van der Waals surface area contributed by atoms with E-state index in [4.69, 9.17) is 5.11 Å². The number of hydrogen-bond donors (Lipinski definition) is 2. The highest BCUT2D eigenvalue weighted by molar-refractivity contribution is 5.76. The topological polar surface area (TPSA) is 49.3 Å². The van der Waals surface area contributed by atoms with Crippen LogP contribution in [-0.2, 0) is 4.79 Å². The van der Waals surface area contributed by atoms with Crippen molar-refractivity contribution in [1.82, 2.24) is 5.32 Å². The fourth-order valence-electron chi connectivity index (χ4n) is 1.52. The first-order valence-corrected chi connectivity index (χ1v) is 4.84. The molecule has 0 aromatic carbocycles. The van der Waals surface area contributed by atoms with Crippen molar-refractivity contribution in [3.8, 4) is 0 Å². The molecule has 1 aliphatic carbocycles. The van der Waals surface area contributed by atoms with Crippen LogP contribution in [0.2, 0.25) is 0 Å². The highest BCUT2D eigenvalue weighted by Gasteiger charge is 2.18. The number of amides is 1. The Morgan fingerprint density at radius 1 is 1.62 bits per heavy atom. The highest BCUT2D eigenvalue weighted by atomic mass is 16.3. The molecule has 2 unspecified atom stereocenters. The predicted molar refractivity (Wildman–Crippen MR) is 51.2 cm³/mol. The summed E-state index contributed by atoms with van der Waals surface area (Å²) in [6.45, 7) is 2.16. The van der Waals surface area contributed by atoms with Crippen LogP contribution in [0.1, 0.15) is 26.2 Å². The van der Waals surface area contributed by atoms with E-state index in [0.29, 0.717) is 6.42 Å². The number of carbonyl (C=O) groups is 1.